The van der Waals surface area contributed by atoms with E-state index in [4.69, 9.17) is 5.73 Å². The first kappa shape index (κ1) is 17.5. The lowest BCUT2D eigenvalue weighted by molar-refractivity contribution is 0.0697. The minimum absolute atomic E-state index is 0.0931. The molecule has 1 aromatic heterocycles. The molecule has 140 valence electrons. The zero-order valence-electron chi connectivity index (χ0n) is 15.7. The number of rotatable bonds is 4. The maximum absolute atomic E-state index is 12.9. The summed E-state index contributed by atoms with van der Waals surface area (Å²) < 4.78 is 0. The third kappa shape index (κ3) is 2.93. The van der Waals surface area contributed by atoms with Crippen molar-refractivity contribution < 1.29 is 9.59 Å². The van der Waals surface area contributed by atoms with E-state index in [1.165, 1.54) is 19.9 Å². The molecule has 7 heteroatoms. The van der Waals surface area contributed by atoms with Gasteiger partial charge in [-0.1, -0.05) is 0 Å². The average molecular weight is 365 g/mol. The second-order valence-electron chi connectivity index (χ2n) is 7.41. The number of benzene rings is 1. The van der Waals surface area contributed by atoms with Crippen LogP contribution in [-0.4, -0.2) is 39.8 Å². The van der Waals surface area contributed by atoms with E-state index >= 15 is 0 Å². The number of carbonyl (C=O) groups excluding carboxylic acids is 2. The van der Waals surface area contributed by atoms with Crippen LogP contribution in [0, 0.1) is 12.8 Å². The second-order valence-corrected chi connectivity index (χ2v) is 7.41. The van der Waals surface area contributed by atoms with Gasteiger partial charge in [0.1, 0.15) is 0 Å². The Kier molecular flexibility index (Phi) is 4.09. The summed E-state index contributed by atoms with van der Waals surface area (Å²) in [4.78, 5) is 35.3. The van der Waals surface area contributed by atoms with Crippen LogP contribution in [0.4, 0.5) is 5.82 Å². The molecule has 1 saturated carbocycles. The van der Waals surface area contributed by atoms with Crippen LogP contribution in [0.25, 0.3) is 11.3 Å². The van der Waals surface area contributed by atoms with E-state index in [9.17, 15) is 9.59 Å². The van der Waals surface area contributed by atoms with Crippen LogP contribution in [0.5, 0.6) is 0 Å². The highest BCUT2D eigenvalue weighted by Gasteiger charge is 2.39. The number of nitrogens with zero attached hydrogens (tertiary/aromatic N) is 3. The number of anilines is 1. The molecule has 2 aliphatic rings. The molecule has 2 aromatic rings. The first-order chi connectivity index (χ1) is 12.9. The van der Waals surface area contributed by atoms with Crippen molar-refractivity contribution in [3.05, 3.63) is 40.7 Å². The number of nitrogens with one attached hydrogen (secondary N) is 1. The van der Waals surface area contributed by atoms with E-state index in [1.807, 2.05) is 24.0 Å². The minimum Gasteiger partial charge on any atom is -0.382 e. The van der Waals surface area contributed by atoms with Crippen molar-refractivity contribution in [2.45, 2.75) is 39.3 Å². The highest BCUT2D eigenvalue weighted by atomic mass is 16.2. The van der Waals surface area contributed by atoms with Gasteiger partial charge >= 0.3 is 0 Å². The Morgan fingerprint density at radius 2 is 2.11 bits per heavy atom. The Hall–Kier alpha value is -2.96. The Labute approximate surface area is 158 Å². The number of amides is 2. The fourth-order valence-electron chi connectivity index (χ4n) is 3.82. The zero-order chi connectivity index (χ0) is 19.3. The molecule has 0 radical (unpaired) electrons. The molecule has 27 heavy (non-hydrogen) atoms. The number of aromatic nitrogens is 2. The third-order valence-electron chi connectivity index (χ3n) is 5.57. The number of hydrogen-bond donors (Lipinski definition) is 2. The van der Waals surface area contributed by atoms with Gasteiger partial charge in [-0.05, 0) is 55.9 Å². The van der Waals surface area contributed by atoms with Crippen molar-refractivity contribution in [2.75, 3.05) is 12.8 Å². The van der Waals surface area contributed by atoms with E-state index in [2.05, 4.69) is 22.2 Å². The standard InChI is InChI=1S/C20H23N5O2/c1-10-6-13(15-8-23-18(21)17(24-15)19(26)22-3)7-14-9-25(20(27)16(10)14)11(2)12-4-5-12/h6-8,11-12H,4-5,9H2,1-3H3,(H2,21,23)(H,22,26)/t11-/m0/s1. The fraction of sp³-hybridized carbons (Fsp3) is 0.400. The molecule has 1 fully saturated rings. The quantitative estimate of drug-likeness (QED) is 0.864. The average Bonchev–Trinajstić information content (AvgIpc) is 3.44. The molecule has 3 N–H and O–H groups in total. The van der Waals surface area contributed by atoms with Gasteiger partial charge in [0.25, 0.3) is 11.8 Å². The van der Waals surface area contributed by atoms with Gasteiger partial charge < -0.3 is 16.0 Å². The van der Waals surface area contributed by atoms with Gasteiger partial charge in [-0.25, -0.2) is 9.97 Å². The summed E-state index contributed by atoms with van der Waals surface area (Å²) >= 11 is 0. The highest BCUT2D eigenvalue weighted by Crippen LogP contribution is 2.39. The SMILES string of the molecule is CNC(=O)c1nc(-c2cc(C)c3c(c2)CN([C@@H](C)C2CC2)C3=O)cnc1N. The summed E-state index contributed by atoms with van der Waals surface area (Å²) in [6, 6.07) is 4.17. The molecule has 2 amide bonds. The first-order valence-corrected chi connectivity index (χ1v) is 9.20. The molecule has 1 aromatic carbocycles. The minimum atomic E-state index is -0.376. The molecule has 0 bridgehead atoms. The normalized spacial score (nSPS) is 17.0. The maximum Gasteiger partial charge on any atom is 0.273 e. The highest BCUT2D eigenvalue weighted by molar-refractivity contribution is 6.01. The molecule has 4 rings (SSSR count). The number of hydrogen-bond acceptors (Lipinski definition) is 5. The van der Waals surface area contributed by atoms with Gasteiger partial charge in [0.05, 0.1) is 11.9 Å². The summed E-state index contributed by atoms with van der Waals surface area (Å²) in [5.74, 6) is 0.457. The van der Waals surface area contributed by atoms with E-state index in [0.717, 1.165) is 22.3 Å². The van der Waals surface area contributed by atoms with Crippen LogP contribution < -0.4 is 11.1 Å². The molecule has 0 spiro atoms. The second kappa shape index (κ2) is 6.33. The van der Waals surface area contributed by atoms with Gasteiger partial charge in [0, 0.05) is 30.8 Å². The number of nitrogen functional groups attached to an aromatic ring is 1. The van der Waals surface area contributed by atoms with Crippen molar-refractivity contribution in [1.29, 1.82) is 0 Å². The van der Waals surface area contributed by atoms with Crippen LogP contribution in [0.3, 0.4) is 0 Å². The number of fused-ring (bicyclic) bond motifs is 1. The van der Waals surface area contributed by atoms with Crippen molar-refractivity contribution >= 4 is 17.6 Å². The molecule has 2 heterocycles. The van der Waals surface area contributed by atoms with Crippen LogP contribution in [0.15, 0.2) is 18.3 Å². The Morgan fingerprint density at radius 3 is 2.78 bits per heavy atom. The summed E-state index contributed by atoms with van der Waals surface area (Å²) in [6.07, 6.45) is 3.97. The van der Waals surface area contributed by atoms with Gasteiger partial charge in [-0.15, -0.1) is 0 Å². The smallest absolute Gasteiger partial charge is 0.273 e. The Morgan fingerprint density at radius 1 is 1.37 bits per heavy atom. The molecule has 0 saturated heterocycles. The predicted octanol–water partition coefficient (Wildman–Crippen LogP) is 2.15. The summed E-state index contributed by atoms with van der Waals surface area (Å²) in [7, 11) is 1.52. The summed E-state index contributed by atoms with van der Waals surface area (Å²) in [5.41, 5.74) is 9.99. The predicted molar refractivity (Wildman–Crippen MR) is 102 cm³/mol. The molecule has 1 atom stereocenters. The molecule has 0 unspecified atom stereocenters. The Bertz CT molecular complexity index is 952. The zero-order valence-corrected chi connectivity index (χ0v) is 15.7. The van der Waals surface area contributed by atoms with Gasteiger partial charge in [0.2, 0.25) is 0 Å². The first-order valence-electron chi connectivity index (χ1n) is 9.20. The van der Waals surface area contributed by atoms with E-state index in [-0.39, 0.29) is 29.4 Å². The van der Waals surface area contributed by atoms with Crippen LogP contribution >= 0.6 is 0 Å². The van der Waals surface area contributed by atoms with Crippen molar-refractivity contribution in [1.82, 2.24) is 20.2 Å². The topological polar surface area (TPSA) is 101 Å². The molecular weight excluding hydrogens is 342 g/mol. The van der Waals surface area contributed by atoms with Crippen LogP contribution in [0.1, 0.15) is 51.7 Å². The lowest BCUT2D eigenvalue weighted by Gasteiger charge is -2.24. The van der Waals surface area contributed by atoms with E-state index in [1.54, 1.807) is 6.20 Å². The summed E-state index contributed by atoms with van der Waals surface area (Å²) in [6.45, 7) is 4.69. The van der Waals surface area contributed by atoms with Gasteiger partial charge in [0.15, 0.2) is 11.5 Å². The molecule has 7 nitrogen and oxygen atoms in total. The lowest BCUT2D eigenvalue weighted by atomic mass is 9.99. The maximum atomic E-state index is 12.9. The van der Waals surface area contributed by atoms with Gasteiger partial charge in [-0.3, -0.25) is 9.59 Å². The third-order valence-corrected chi connectivity index (χ3v) is 5.57. The Balaban J connectivity index is 1.72. The van der Waals surface area contributed by atoms with E-state index < -0.39 is 0 Å². The number of nitrogens with two attached hydrogens (primary N) is 1. The largest absolute Gasteiger partial charge is 0.382 e. The van der Waals surface area contributed by atoms with Crippen LogP contribution in [-0.2, 0) is 6.54 Å². The van der Waals surface area contributed by atoms with Crippen LogP contribution in [0.2, 0.25) is 0 Å². The molecular formula is C20H23N5O2. The number of aryl methyl sites for hydroxylation is 1. The summed E-state index contributed by atoms with van der Waals surface area (Å²) in [5, 5.41) is 2.52. The van der Waals surface area contributed by atoms with Crippen molar-refractivity contribution in [3.63, 3.8) is 0 Å². The van der Waals surface area contributed by atoms with Crippen molar-refractivity contribution in [3.8, 4) is 11.3 Å². The number of carbonyl (C=O) groups is 2. The van der Waals surface area contributed by atoms with Gasteiger partial charge in [-0.2, -0.15) is 0 Å². The molecule has 1 aliphatic heterocycles. The van der Waals surface area contributed by atoms with Crippen molar-refractivity contribution in [2.24, 2.45) is 5.92 Å². The van der Waals surface area contributed by atoms with E-state index in [0.29, 0.717) is 18.2 Å². The molecule has 1 aliphatic carbocycles. The monoisotopic (exact) mass is 365 g/mol. The lowest BCUT2D eigenvalue weighted by Crippen LogP contribution is -2.34. The fourth-order valence-corrected chi connectivity index (χ4v) is 3.82.